The van der Waals surface area contributed by atoms with Gasteiger partial charge < -0.3 is 9.13 Å². The smallest absolute Gasteiger partial charge is 0.0555 e. The second-order valence-electron chi connectivity index (χ2n) is 14.5. The van der Waals surface area contributed by atoms with Crippen molar-refractivity contribution in [3.05, 3.63) is 194 Å². The van der Waals surface area contributed by atoms with Crippen LogP contribution in [0.3, 0.4) is 0 Å². The van der Waals surface area contributed by atoms with Crippen LogP contribution in [0.2, 0.25) is 0 Å². The molecular weight excluding hydrogens is 685 g/mol. The molecule has 0 saturated heterocycles. The van der Waals surface area contributed by atoms with Crippen molar-refractivity contribution < 1.29 is 0 Å². The molecule has 0 aliphatic carbocycles. The van der Waals surface area contributed by atoms with Crippen LogP contribution in [0.4, 0.5) is 0 Å². The third kappa shape index (κ3) is 4.60. The predicted octanol–water partition coefficient (Wildman–Crippen LogP) is 14.7. The largest absolute Gasteiger partial charge is 0.309 e. The van der Waals surface area contributed by atoms with Crippen molar-refractivity contribution >= 4 is 85.9 Å². The van der Waals surface area contributed by atoms with Crippen LogP contribution >= 0.6 is 11.3 Å². The van der Waals surface area contributed by atoms with Gasteiger partial charge in [0.1, 0.15) is 0 Å². The Morgan fingerprint density at radius 3 is 1.75 bits per heavy atom. The van der Waals surface area contributed by atoms with Gasteiger partial charge in [-0.3, -0.25) is 0 Å². The van der Waals surface area contributed by atoms with Crippen molar-refractivity contribution in [1.82, 2.24) is 9.13 Å². The highest BCUT2D eigenvalue weighted by Gasteiger charge is 2.19. The molecule has 0 aliphatic heterocycles. The van der Waals surface area contributed by atoms with Crippen molar-refractivity contribution in [3.63, 3.8) is 0 Å². The van der Waals surface area contributed by atoms with Crippen LogP contribution in [0.5, 0.6) is 0 Å². The lowest BCUT2D eigenvalue weighted by Crippen LogP contribution is -1.95. The zero-order valence-electron chi connectivity index (χ0n) is 29.8. The first-order chi connectivity index (χ1) is 27.3. The lowest BCUT2D eigenvalue weighted by atomic mass is 10.00. The molecule has 0 bridgehead atoms. The fourth-order valence-electron chi connectivity index (χ4n) is 8.97. The van der Waals surface area contributed by atoms with E-state index in [0.29, 0.717) is 0 Å². The summed E-state index contributed by atoms with van der Waals surface area (Å²) in [5.74, 6) is 0. The van der Waals surface area contributed by atoms with Gasteiger partial charge in [0, 0.05) is 52.8 Å². The average molecular weight is 717 g/mol. The lowest BCUT2D eigenvalue weighted by molar-refractivity contribution is 1.18. The molecule has 3 heteroatoms. The molecular formula is C52H32N2S. The first-order valence-electron chi connectivity index (χ1n) is 18.8. The maximum absolute atomic E-state index is 2.46. The number of aromatic nitrogens is 2. The zero-order valence-corrected chi connectivity index (χ0v) is 30.6. The number of fused-ring (bicyclic) bond motifs is 10. The van der Waals surface area contributed by atoms with Crippen molar-refractivity contribution in [2.75, 3.05) is 0 Å². The van der Waals surface area contributed by atoms with Crippen LogP contribution < -0.4 is 0 Å². The van der Waals surface area contributed by atoms with Crippen molar-refractivity contribution in [3.8, 4) is 33.6 Å². The Morgan fingerprint density at radius 1 is 0.291 bits per heavy atom. The Labute approximate surface area is 321 Å². The molecule has 0 saturated carbocycles. The van der Waals surface area contributed by atoms with Gasteiger partial charge in [0.05, 0.1) is 27.8 Å². The summed E-state index contributed by atoms with van der Waals surface area (Å²) in [5, 5.41) is 10.2. The maximum atomic E-state index is 2.46. The van der Waals surface area contributed by atoms with E-state index in [1.54, 1.807) is 0 Å². The molecule has 0 N–H and O–H groups in total. The van der Waals surface area contributed by atoms with E-state index in [-0.39, 0.29) is 0 Å². The fraction of sp³-hybridized carbons (Fsp3) is 0. The van der Waals surface area contributed by atoms with Crippen LogP contribution in [0.1, 0.15) is 0 Å². The number of benzene rings is 9. The van der Waals surface area contributed by atoms with Crippen LogP contribution in [-0.2, 0) is 0 Å². The minimum atomic E-state index is 1.16. The molecule has 3 heterocycles. The van der Waals surface area contributed by atoms with E-state index >= 15 is 0 Å². The van der Waals surface area contributed by atoms with E-state index in [0.717, 1.165) is 5.69 Å². The van der Waals surface area contributed by atoms with E-state index in [1.165, 1.54) is 102 Å². The Kier molecular flexibility index (Phi) is 6.54. The number of rotatable bonds is 4. The van der Waals surface area contributed by atoms with Gasteiger partial charge in [-0.15, -0.1) is 11.3 Å². The highest BCUT2D eigenvalue weighted by atomic mass is 32.1. The Hall–Kier alpha value is -6.94. The van der Waals surface area contributed by atoms with Crippen molar-refractivity contribution in [2.24, 2.45) is 0 Å². The second kappa shape index (κ2) is 11.8. The molecule has 12 aromatic rings. The van der Waals surface area contributed by atoms with Gasteiger partial charge in [-0.2, -0.15) is 0 Å². The Balaban J connectivity index is 1.09. The first-order valence-corrected chi connectivity index (χ1v) is 19.7. The summed E-state index contributed by atoms with van der Waals surface area (Å²) in [6, 6.07) is 71.5. The number of para-hydroxylation sites is 1. The Bertz CT molecular complexity index is 3480. The summed E-state index contributed by atoms with van der Waals surface area (Å²) < 4.78 is 7.54. The highest BCUT2D eigenvalue weighted by Crippen LogP contribution is 2.43. The number of nitrogens with zero attached hydrogens (tertiary/aromatic N) is 2. The van der Waals surface area contributed by atoms with Gasteiger partial charge in [0.15, 0.2) is 0 Å². The molecule has 0 atom stereocenters. The number of hydrogen-bond acceptors (Lipinski definition) is 1. The molecule has 3 aromatic heterocycles. The van der Waals surface area contributed by atoms with E-state index in [4.69, 9.17) is 0 Å². The quantitative estimate of drug-likeness (QED) is 0.172. The molecule has 2 nitrogen and oxygen atoms in total. The first kappa shape index (κ1) is 30.5. The van der Waals surface area contributed by atoms with Gasteiger partial charge in [-0.25, -0.2) is 0 Å². The van der Waals surface area contributed by atoms with Crippen molar-refractivity contribution in [1.29, 1.82) is 0 Å². The topological polar surface area (TPSA) is 9.86 Å². The zero-order chi connectivity index (χ0) is 36.0. The predicted molar refractivity (Wildman–Crippen MR) is 236 cm³/mol. The summed E-state index contributed by atoms with van der Waals surface area (Å²) in [7, 11) is 0. The molecule has 256 valence electrons. The summed E-state index contributed by atoms with van der Waals surface area (Å²) in [5.41, 5.74) is 12.1. The van der Waals surface area contributed by atoms with Gasteiger partial charge in [-0.05, 0) is 94.4 Å². The molecule has 9 aromatic carbocycles. The molecule has 0 radical (unpaired) electrons. The standard InChI is InChI=1S/C52H32N2S/c1-2-12-33(13-3-1)35-16-10-17-38(28-35)53-48-26-24-37(30-43(48)44-31-45-41-20-7-9-23-51(41)55-52(45)32-50(44)53)36-25-27-49-42(29-36)40-19-6-8-21-47(40)54(49)46-22-11-15-34-14-4-5-18-39(34)46/h1-32H. The minimum absolute atomic E-state index is 1.16. The third-order valence-corrected chi connectivity index (χ3v) is 12.6. The summed E-state index contributed by atoms with van der Waals surface area (Å²) in [6.07, 6.45) is 0. The fourth-order valence-corrected chi connectivity index (χ4v) is 10.1. The van der Waals surface area contributed by atoms with Crippen LogP contribution in [0.15, 0.2) is 194 Å². The van der Waals surface area contributed by atoms with E-state index in [2.05, 4.69) is 203 Å². The van der Waals surface area contributed by atoms with Gasteiger partial charge in [0.25, 0.3) is 0 Å². The van der Waals surface area contributed by atoms with Crippen LogP contribution in [0.25, 0.3) is 108 Å². The van der Waals surface area contributed by atoms with Crippen LogP contribution in [-0.4, -0.2) is 9.13 Å². The molecule has 0 unspecified atom stereocenters. The second-order valence-corrected chi connectivity index (χ2v) is 15.6. The maximum Gasteiger partial charge on any atom is 0.0555 e. The third-order valence-electron chi connectivity index (χ3n) is 11.5. The molecule has 0 amide bonds. The van der Waals surface area contributed by atoms with Crippen molar-refractivity contribution in [2.45, 2.75) is 0 Å². The highest BCUT2D eigenvalue weighted by molar-refractivity contribution is 7.25. The average Bonchev–Trinajstić information content (AvgIpc) is 3.89. The van der Waals surface area contributed by atoms with E-state index in [1.807, 2.05) is 11.3 Å². The lowest BCUT2D eigenvalue weighted by Gasteiger charge is -2.12. The van der Waals surface area contributed by atoms with Gasteiger partial charge >= 0.3 is 0 Å². The summed E-state index contributed by atoms with van der Waals surface area (Å²) in [4.78, 5) is 0. The molecule has 0 aliphatic rings. The van der Waals surface area contributed by atoms with Gasteiger partial charge in [-0.1, -0.05) is 127 Å². The summed E-state index contributed by atoms with van der Waals surface area (Å²) >= 11 is 1.88. The molecule has 0 fully saturated rings. The Morgan fingerprint density at radius 2 is 0.891 bits per heavy atom. The molecule has 0 spiro atoms. The van der Waals surface area contributed by atoms with Gasteiger partial charge in [0.2, 0.25) is 0 Å². The summed E-state index contributed by atoms with van der Waals surface area (Å²) in [6.45, 7) is 0. The molecule has 55 heavy (non-hydrogen) atoms. The SMILES string of the molecule is c1ccc(-c2cccc(-n3c4ccc(-c5ccc6c(c5)c5ccccc5n6-c5cccc6ccccc56)cc4c4cc5c(cc43)sc3ccccc35)c2)cc1. The molecule has 12 rings (SSSR count). The number of thiophene rings is 1. The normalized spacial score (nSPS) is 12.0. The van der Waals surface area contributed by atoms with Crippen LogP contribution in [0, 0.1) is 0 Å². The van der Waals surface area contributed by atoms with E-state index < -0.39 is 0 Å². The van der Waals surface area contributed by atoms with E-state index in [9.17, 15) is 0 Å². The number of hydrogen-bond donors (Lipinski definition) is 0. The minimum Gasteiger partial charge on any atom is -0.309 e. The monoisotopic (exact) mass is 716 g/mol.